The van der Waals surface area contributed by atoms with E-state index in [2.05, 4.69) is 22.2 Å². The number of fused-ring (bicyclic) bond motifs is 2. The van der Waals surface area contributed by atoms with Gasteiger partial charge in [0.25, 0.3) is 11.1 Å². The molecule has 0 radical (unpaired) electrons. The molecule has 1 saturated heterocycles. The van der Waals surface area contributed by atoms with Gasteiger partial charge in [0, 0.05) is 47.8 Å². The van der Waals surface area contributed by atoms with Crippen molar-refractivity contribution in [3.8, 4) is 33.4 Å². The van der Waals surface area contributed by atoms with E-state index in [9.17, 15) is 19.5 Å². The molecule has 0 aliphatic carbocycles. The van der Waals surface area contributed by atoms with Gasteiger partial charge in [-0.2, -0.15) is 0 Å². The van der Waals surface area contributed by atoms with Crippen molar-refractivity contribution in [3.05, 3.63) is 116 Å². The molecule has 1 fully saturated rings. The van der Waals surface area contributed by atoms with Gasteiger partial charge in [-0.25, -0.2) is 9.97 Å². The standard InChI is InChI=1S/C40H37Cl2N5O4/c1-23(9-10-24(2)48)21-46-34-14-11-25(17-32(34)43-19-37(46)50)28-5-3-7-30(39(28)41)31-8-4-6-29(40(31)42)26-12-15-35-33(18-26)44-20-38(51)47(35)22-27-13-16-36(49)45-27/h3-8,11-12,14-15,17-20,23-24,27,48H,9-10,13,16,21-22H2,1-2H3,(H,45,49)/t23-,24?,27-/m0/s1. The number of benzene rings is 4. The van der Waals surface area contributed by atoms with Gasteiger partial charge in [0.15, 0.2) is 0 Å². The Balaban J connectivity index is 1.21. The van der Waals surface area contributed by atoms with Crippen LogP contribution in [-0.4, -0.2) is 42.3 Å². The van der Waals surface area contributed by atoms with Crippen LogP contribution in [0.1, 0.15) is 39.5 Å². The number of aromatic nitrogens is 4. The summed E-state index contributed by atoms with van der Waals surface area (Å²) < 4.78 is 3.41. The number of nitrogens with zero attached hydrogens (tertiary/aromatic N) is 4. The van der Waals surface area contributed by atoms with E-state index in [1.807, 2.05) is 72.8 Å². The molecule has 1 unspecified atom stereocenters. The lowest BCUT2D eigenvalue weighted by Gasteiger charge is -2.17. The molecule has 7 rings (SSSR count). The molecule has 1 aliphatic heterocycles. The highest BCUT2D eigenvalue weighted by molar-refractivity contribution is 6.39. The van der Waals surface area contributed by atoms with Gasteiger partial charge in [-0.15, -0.1) is 0 Å². The van der Waals surface area contributed by atoms with E-state index in [4.69, 9.17) is 23.2 Å². The SMILES string of the molecule is CC(O)CC[C@H](C)Cn1c(=O)cnc2cc(-c3cccc(-c4cccc(-c5ccc6c(c5)ncc(=O)n6C[C@@H]5CCC(=O)N5)c4Cl)c3Cl)ccc21. The Hall–Kier alpha value is -4.83. The Labute approximate surface area is 304 Å². The van der Waals surface area contributed by atoms with E-state index >= 15 is 0 Å². The molecule has 1 aliphatic rings. The number of aliphatic hydroxyl groups excluding tert-OH is 1. The lowest BCUT2D eigenvalue weighted by atomic mass is 9.95. The van der Waals surface area contributed by atoms with Crippen molar-refractivity contribution >= 4 is 51.2 Å². The number of amides is 1. The number of hydrogen-bond donors (Lipinski definition) is 2. The quantitative estimate of drug-likeness (QED) is 0.151. The maximum atomic E-state index is 12.8. The summed E-state index contributed by atoms with van der Waals surface area (Å²) in [5.41, 5.74) is 7.16. The average Bonchev–Trinajstić information content (AvgIpc) is 3.54. The van der Waals surface area contributed by atoms with Crippen LogP contribution in [0.4, 0.5) is 0 Å². The minimum atomic E-state index is -0.379. The smallest absolute Gasteiger partial charge is 0.269 e. The Kier molecular flexibility index (Phi) is 9.79. The topological polar surface area (TPSA) is 119 Å². The zero-order valence-electron chi connectivity index (χ0n) is 28.3. The molecule has 4 aromatic carbocycles. The van der Waals surface area contributed by atoms with Gasteiger partial charge in [-0.05, 0) is 67.5 Å². The maximum absolute atomic E-state index is 12.8. The molecule has 1 amide bonds. The predicted octanol–water partition coefficient (Wildman–Crippen LogP) is 7.49. The molecule has 51 heavy (non-hydrogen) atoms. The predicted molar refractivity (Wildman–Crippen MR) is 203 cm³/mol. The molecule has 2 N–H and O–H groups in total. The summed E-state index contributed by atoms with van der Waals surface area (Å²) in [6.45, 7) is 4.77. The number of carbonyl (C=O) groups is 1. The molecule has 2 aromatic heterocycles. The fraction of sp³-hybridized carbons (Fsp3) is 0.275. The third-order valence-electron chi connectivity index (χ3n) is 9.66. The summed E-state index contributed by atoms with van der Waals surface area (Å²) >= 11 is 14.3. The monoisotopic (exact) mass is 721 g/mol. The van der Waals surface area contributed by atoms with E-state index < -0.39 is 0 Å². The number of rotatable bonds is 10. The molecule has 3 heterocycles. The van der Waals surface area contributed by atoms with Gasteiger partial charge < -0.3 is 19.6 Å². The first-order chi connectivity index (χ1) is 24.6. The summed E-state index contributed by atoms with van der Waals surface area (Å²) in [6.07, 6.45) is 4.92. The summed E-state index contributed by atoms with van der Waals surface area (Å²) in [4.78, 5) is 46.2. The van der Waals surface area contributed by atoms with Crippen molar-refractivity contribution in [2.75, 3.05) is 0 Å². The molecule has 0 saturated carbocycles. The summed E-state index contributed by atoms with van der Waals surface area (Å²) in [5, 5.41) is 13.7. The van der Waals surface area contributed by atoms with Gasteiger partial charge in [-0.1, -0.05) is 78.7 Å². The minimum Gasteiger partial charge on any atom is -0.393 e. The van der Waals surface area contributed by atoms with Crippen LogP contribution < -0.4 is 16.4 Å². The van der Waals surface area contributed by atoms with E-state index in [0.29, 0.717) is 58.9 Å². The van der Waals surface area contributed by atoms with Crippen LogP contribution >= 0.6 is 23.2 Å². The van der Waals surface area contributed by atoms with Crippen LogP contribution in [0.5, 0.6) is 0 Å². The first-order valence-electron chi connectivity index (χ1n) is 17.1. The van der Waals surface area contributed by atoms with Crippen LogP contribution in [0.15, 0.2) is 94.8 Å². The Morgan fingerprint density at radius 3 is 1.82 bits per heavy atom. The van der Waals surface area contributed by atoms with E-state index in [1.165, 1.54) is 12.4 Å². The van der Waals surface area contributed by atoms with Gasteiger partial charge in [0.1, 0.15) is 0 Å². The summed E-state index contributed by atoms with van der Waals surface area (Å²) in [7, 11) is 0. The highest BCUT2D eigenvalue weighted by atomic mass is 35.5. The van der Waals surface area contributed by atoms with Crippen LogP contribution in [0.25, 0.3) is 55.4 Å². The second-order valence-electron chi connectivity index (χ2n) is 13.5. The highest BCUT2D eigenvalue weighted by Crippen LogP contribution is 2.43. The molecule has 0 spiro atoms. The van der Waals surface area contributed by atoms with Crippen LogP contribution in [-0.2, 0) is 17.9 Å². The minimum absolute atomic E-state index is 0.00120. The van der Waals surface area contributed by atoms with Crippen molar-refractivity contribution in [2.45, 2.75) is 64.8 Å². The van der Waals surface area contributed by atoms with Crippen molar-refractivity contribution in [2.24, 2.45) is 5.92 Å². The van der Waals surface area contributed by atoms with Gasteiger partial charge in [0.05, 0.1) is 50.6 Å². The number of halogens is 2. The van der Waals surface area contributed by atoms with Gasteiger partial charge in [-0.3, -0.25) is 14.4 Å². The second-order valence-corrected chi connectivity index (χ2v) is 14.2. The largest absolute Gasteiger partial charge is 0.393 e. The number of nitrogens with one attached hydrogen (secondary N) is 1. The summed E-state index contributed by atoms with van der Waals surface area (Å²) in [6, 6.07) is 23.0. The third kappa shape index (κ3) is 7.06. The van der Waals surface area contributed by atoms with Crippen LogP contribution in [0.2, 0.25) is 10.0 Å². The van der Waals surface area contributed by atoms with E-state index in [1.54, 1.807) is 16.1 Å². The molecule has 6 aromatic rings. The molecule has 3 atom stereocenters. The van der Waals surface area contributed by atoms with Crippen molar-refractivity contribution < 1.29 is 9.90 Å². The number of hydrogen-bond acceptors (Lipinski definition) is 6. The van der Waals surface area contributed by atoms with Gasteiger partial charge >= 0.3 is 0 Å². The highest BCUT2D eigenvalue weighted by Gasteiger charge is 2.23. The van der Waals surface area contributed by atoms with Crippen LogP contribution in [0.3, 0.4) is 0 Å². The Morgan fingerprint density at radius 2 is 1.29 bits per heavy atom. The lowest BCUT2D eigenvalue weighted by Crippen LogP contribution is -2.34. The number of carbonyl (C=O) groups excluding carboxylic acids is 1. The fourth-order valence-corrected chi connectivity index (χ4v) is 7.61. The molecule has 9 nitrogen and oxygen atoms in total. The Bertz CT molecular complexity index is 2420. The zero-order valence-corrected chi connectivity index (χ0v) is 29.8. The first kappa shape index (κ1) is 34.6. The normalized spacial score (nSPS) is 15.7. The molecular weight excluding hydrogens is 685 g/mol. The number of aliphatic hydroxyl groups is 1. The summed E-state index contributed by atoms with van der Waals surface area (Å²) in [5.74, 6) is 0.204. The van der Waals surface area contributed by atoms with Gasteiger partial charge in [0.2, 0.25) is 5.91 Å². The molecular formula is C40H37Cl2N5O4. The fourth-order valence-electron chi connectivity index (χ4n) is 6.94. The Morgan fingerprint density at radius 1 is 0.765 bits per heavy atom. The first-order valence-corrected chi connectivity index (χ1v) is 17.9. The second kappa shape index (κ2) is 14.4. The van der Waals surface area contributed by atoms with Crippen LogP contribution in [0, 0.1) is 5.92 Å². The molecule has 0 bridgehead atoms. The van der Waals surface area contributed by atoms with E-state index in [0.717, 1.165) is 45.3 Å². The molecule has 11 heteroatoms. The van der Waals surface area contributed by atoms with Crippen molar-refractivity contribution in [1.29, 1.82) is 0 Å². The average molecular weight is 723 g/mol. The van der Waals surface area contributed by atoms with Crippen molar-refractivity contribution in [3.63, 3.8) is 0 Å². The van der Waals surface area contributed by atoms with Crippen molar-refractivity contribution in [1.82, 2.24) is 24.4 Å². The third-order valence-corrected chi connectivity index (χ3v) is 10.5. The molecule has 260 valence electrons. The maximum Gasteiger partial charge on any atom is 0.269 e. The zero-order chi connectivity index (χ0) is 35.8. The lowest BCUT2D eigenvalue weighted by molar-refractivity contribution is -0.119. The van der Waals surface area contributed by atoms with E-state index in [-0.39, 0.29) is 35.1 Å².